The molecule has 1 aromatic heterocycles. The van der Waals surface area contributed by atoms with Gasteiger partial charge in [0.15, 0.2) is 5.69 Å². The Hall–Kier alpha value is -2.15. The number of aromatic nitrogens is 2. The molecular formula is C13H11BrN2O4. The van der Waals surface area contributed by atoms with Gasteiger partial charge in [-0.2, -0.15) is 0 Å². The number of carboxylic acid groups (broad SMARTS) is 1. The molecule has 6 nitrogen and oxygen atoms in total. The standard InChI is InChI=1S/C13H11BrN2O4/c1-2-20-9-4-3-7(14)5-8(9)12(17)10-11(13(18)19)16-6-15-10/h3-6H,2H2,1H3,(H,15,16)(H,18,19). The quantitative estimate of drug-likeness (QED) is 0.817. The van der Waals surface area contributed by atoms with E-state index in [4.69, 9.17) is 9.84 Å². The average molecular weight is 339 g/mol. The van der Waals surface area contributed by atoms with Crippen LogP contribution in [0.15, 0.2) is 29.0 Å². The number of halogens is 1. The topological polar surface area (TPSA) is 92.3 Å². The molecule has 0 radical (unpaired) electrons. The van der Waals surface area contributed by atoms with Gasteiger partial charge in [-0.1, -0.05) is 15.9 Å². The Morgan fingerprint density at radius 3 is 2.85 bits per heavy atom. The van der Waals surface area contributed by atoms with Crippen LogP contribution in [0, 0.1) is 0 Å². The van der Waals surface area contributed by atoms with Crippen molar-refractivity contribution in [2.24, 2.45) is 0 Å². The maximum Gasteiger partial charge on any atom is 0.354 e. The zero-order valence-electron chi connectivity index (χ0n) is 10.5. The molecule has 0 fully saturated rings. The highest BCUT2D eigenvalue weighted by Gasteiger charge is 2.23. The molecular weight excluding hydrogens is 328 g/mol. The minimum atomic E-state index is -1.24. The zero-order valence-corrected chi connectivity index (χ0v) is 12.1. The number of ether oxygens (including phenoxy) is 1. The van der Waals surface area contributed by atoms with Crippen LogP contribution < -0.4 is 4.74 Å². The fourth-order valence-electron chi connectivity index (χ4n) is 1.72. The molecule has 0 saturated heterocycles. The van der Waals surface area contributed by atoms with Crippen LogP contribution in [0.25, 0.3) is 0 Å². The van der Waals surface area contributed by atoms with Gasteiger partial charge in [0.2, 0.25) is 5.78 Å². The fourth-order valence-corrected chi connectivity index (χ4v) is 2.08. The van der Waals surface area contributed by atoms with Crippen molar-refractivity contribution in [1.82, 2.24) is 9.97 Å². The second-order valence-corrected chi connectivity index (χ2v) is 4.75. The second-order valence-electron chi connectivity index (χ2n) is 3.83. The summed E-state index contributed by atoms with van der Waals surface area (Å²) in [6.45, 7) is 2.20. The van der Waals surface area contributed by atoms with Gasteiger partial charge >= 0.3 is 5.97 Å². The summed E-state index contributed by atoms with van der Waals surface area (Å²) in [6, 6.07) is 4.96. The molecule has 1 aromatic carbocycles. The van der Waals surface area contributed by atoms with Gasteiger partial charge in [0, 0.05) is 4.47 Å². The Kier molecular flexibility index (Phi) is 4.19. The number of nitrogens with one attached hydrogen (secondary N) is 1. The van der Waals surface area contributed by atoms with Crippen LogP contribution in [0.1, 0.15) is 33.5 Å². The summed E-state index contributed by atoms with van der Waals surface area (Å²) in [7, 11) is 0. The summed E-state index contributed by atoms with van der Waals surface area (Å²) in [6.07, 6.45) is 1.18. The molecule has 0 spiro atoms. The molecule has 0 aliphatic rings. The largest absolute Gasteiger partial charge is 0.493 e. The van der Waals surface area contributed by atoms with Crippen LogP contribution in [0.2, 0.25) is 0 Å². The lowest BCUT2D eigenvalue weighted by atomic mass is 10.1. The summed E-state index contributed by atoms with van der Waals surface area (Å²) in [4.78, 5) is 29.7. The first-order valence-corrected chi connectivity index (χ1v) is 6.57. The van der Waals surface area contributed by atoms with Crippen molar-refractivity contribution in [2.45, 2.75) is 6.92 Å². The maximum atomic E-state index is 12.4. The van der Waals surface area contributed by atoms with Gasteiger partial charge in [0.25, 0.3) is 0 Å². The number of rotatable bonds is 5. The summed E-state index contributed by atoms with van der Waals surface area (Å²) in [5.74, 6) is -1.35. The van der Waals surface area contributed by atoms with Crippen molar-refractivity contribution in [3.05, 3.63) is 46.0 Å². The molecule has 0 bridgehead atoms. The molecule has 7 heteroatoms. The van der Waals surface area contributed by atoms with E-state index in [-0.39, 0.29) is 17.0 Å². The van der Waals surface area contributed by atoms with E-state index in [0.29, 0.717) is 16.8 Å². The van der Waals surface area contributed by atoms with E-state index < -0.39 is 11.8 Å². The third kappa shape index (κ3) is 2.72. The number of aromatic amines is 1. The van der Waals surface area contributed by atoms with Gasteiger partial charge in [0.05, 0.1) is 18.5 Å². The maximum absolute atomic E-state index is 12.4. The molecule has 0 aliphatic carbocycles. The third-order valence-electron chi connectivity index (χ3n) is 2.55. The predicted octanol–water partition coefficient (Wildman–Crippen LogP) is 2.50. The summed E-state index contributed by atoms with van der Waals surface area (Å²) < 4.78 is 6.08. The fraction of sp³-hybridized carbons (Fsp3) is 0.154. The van der Waals surface area contributed by atoms with E-state index in [1.807, 2.05) is 0 Å². The summed E-state index contributed by atoms with van der Waals surface area (Å²) >= 11 is 3.27. The van der Waals surface area contributed by atoms with E-state index in [1.54, 1.807) is 25.1 Å². The molecule has 2 aromatic rings. The Morgan fingerprint density at radius 2 is 2.20 bits per heavy atom. The van der Waals surface area contributed by atoms with Crippen molar-refractivity contribution >= 4 is 27.7 Å². The smallest absolute Gasteiger partial charge is 0.354 e. The second kappa shape index (κ2) is 5.87. The van der Waals surface area contributed by atoms with E-state index >= 15 is 0 Å². The van der Waals surface area contributed by atoms with Crippen molar-refractivity contribution in [3.63, 3.8) is 0 Å². The average Bonchev–Trinajstić information content (AvgIpc) is 2.89. The zero-order chi connectivity index (χ0) is 14.7. The highest BCUT2D eigenvalue weighted by molar-refractivity contribution is 9.10. The number of nitrogens with zero attached hydrogens (tertiary/aromatic N) is 1. The number of carbonyl (C=O) groups is 2. The third-order valence-corrected chi connectivity index (χ3v) is 3.05. The highest BCUT2D eigenvalue weighted by Crippen LogP contribution is 2.26. The number of carboxylic acids is 1. The van der Waals surface area contributed by atoms with Gasteiger partial charge in [-0.3, -0.25) is 4.79 Å². The first-order chi connectivity index (χ1) is 9.54. The summed E-state index contributed by atoms with van der Waals surface area (Å²) in [5.41, 5.74) is -0.121. The van der Waals surface area contributed by atoms with Crippen molar-refractivity contribution in [2.75, 3.05) is 6.61 Å². The van der Waals surface area contributed by atoms with Crippen LogP contribution in [0.4, 0.5) is 0 Å². The molecule has 20 heavy (non-hydrogen) atoms. The Labute approximate surface area is 122 Å². The van der Waals surface area contributed by atoms with Crippen molar-refractivity contribution < 1.29 is 19.4 Å². The SMILES string of the molecule is CCOc1ccc(Br)cc1C(=O)c1nc[nH]c1C(=O)O. The van der Waals surface area contributed by atoms with Crippen LogP contribution in [-0.4, -0.2) is 33.4 Å². The molecule has 0 unspecified atom stereocenters. The predicted molar refractivity (Wildman–Crippen MR) is 74.3 cm³/mol. The molecule has 104 valence electrons. The van der Waals surface area contributed by atoms with E-state index in [1.165, 1.54) is 6.33 Å². The first-order valence-electron chi connectivity index (χ1n) is 5.78. The monoisotopic (exact) mass is 338 g/mol. The van der Waals surface area contributed by atoms with Gasteiger partial charge < -0.3 is 14.8 Å². The normalized spacial score (nSPS) is 10.3. The van der Waals surface area contributed by atoms with Crippen LogP contribution in [0.5, 0.6) is 5.75 Å². The van der Waals surface area contributed by atoms with Gasteiger partial charge in [-0.25, -0.2) is 9.78 Å². The van der Waals surface area contributed by atoms with E-state index in [0.717, 1.165) is 0 Å². The molecule has 2 rings (SSSR count). The number of ketones is 1. The number of hydrogen-bond acceptors (Lipinski definition) is 4. The van der Waals surface area contributed by atoms with Crippen molar-refractivity contribution in [3.8, 4) is 5.75 Å². The molecule has 1 heterocycles. The molecule has 0 saturated carbocycles. The minimum Gasteiger partial charge on any atom is -0.493 e. The van der Waals surface area contributed by atoms with Crippen LogP contribution >= 0.6 is 15.9 Å². The lowest BCUT2D eigenvalue weighted by Gasteiger charge is -2.09. The Morgan fingerprint density at radius 1 is 1.45 bits per heavy atom. The van der Waals surface area contributed by atoms with Gasteiger partial charge in [-0.05, 0) is 25.1 Å². The molecule has 0 atom stereocenters. The minimum absolute atomic E-state index is 0.142. The molecule has 2 N–H and O–H groups in total. The number of aromatic carboxylic acids is 1. The lowest BCUT2D eigenvalue weighted by Crippen LogP contribution is -2.11. The lowest BCUT2D eigenvalue weighted by molar-refractivity contribution is 0.0686. The van der Waals surface area contributed by atoms with Crippen molar-refractivity contribution in [1.29, 1.82) is 0 Å². The first kappa shape index (κ1) is 14.3. The number of H-pyrrole nitrogens is 1. The Bertz CT molecular complexity index is 666. The highest BCUT2D eigenvalue weighted by atomic mass is 79.9. The number of carbonyl (C=O) groups excluding carboxylic acids is 1. The number of benzene rings is 1. The van der Waals surface area contributed by atoms with E-state index in [9.17, 15) is 9.59 Å². The van der Waals surface area contributed by atoms with Crippen LogP contribution in [0.3, 0.4) is 0 Å². The number of imidazole rings is 1. The van der Waals surface area contributed by atoms with E-state index in [2.05, 4.69) is 25.9 Å². The molecule has 0 aliphatic heterocycles. The summed E-state index contributed by atoms with van der Waals surface area (Å²) in [5, 5.41) is 9.01. The van der Waals surface area contributed by atoms with Gasteiger partial charge in [0.1, 0.15) is 11.4 Å². The van der Waals surface area contributed by atoms with Crippen LogP contribution in [-0.2, 0) is 0 Å². The number of hydrogen-bond donors (Lipinski definition) is 2. The molecule has 0 amide bonds. The van der Waals surface area contributed by atoms with Gasteiger partial charge in [-0.15, -0.1) is 0 Å². The Balaban J connectivity index is 2.50.